The lowest BCUT2D eigenvalue weighted by Crippen LogP contribution is -2.24. The lowest BCUT2D eigenvalue weighted by Gasteiger charge is -2.13. The summed E-state index contributed by atoms with van der Waals surface area (Å²) in [5.41, 5.74) is 1.17. The highest BCUT2D eigenvalue weighted by atomic mass is 79.9. The van der Waals surface area contributed by atoms with E-state index in [0.717, 1.165) is 17.6 Å². The molecule has 0 radical (unpaired) electrons. The molecule has 0 aliphatic rings. The van der Waals surface area contributed by atoms with Crippen LogP contribution in [-0.4, -0.2) is 27.6 Å². The van der Waals surface area contributed by atoms with Crippen LogP contribution in [0.2, 0.25) is 0 Å². The third kappa shape index (κ3) is 3.57. The average Bonchev–Trinajstić information content (AvgIpc) is 2.45. The fourth-order valence-electron chi connectivity index (χ4n) is 1.59. The van der Waals surface area contributed by atoms with Crippen LogP contribution in [0.1, 0.15) is 38.8 Å². The Balaban J connectivity index is 2.50. The van der Waals surface area contributed by atoms with E-state index >= 15 is 0 Å². The van der Waals surface area contributed by atoms with E-state index in [1.807, 2.05) is 11.7 Å². The topological polar surface area (TPSA) is 42.7 Å². The van der Waals surface area contributed by atoms with Crippen LogP contribution in [0.3, 0.4) is 0 Å². The van der Waals surface area contributed by atoms with Crippen LogP contribution < -0.4 is 5.32 Å². The van der Waals surface area contributed by atoms with Crippen molar-refractivity contribution in [3.05, 3.63) is 10.3 Å². The molecule has 0 aliphatic heterocycles. The standard InChI is InChI=1S/C10H19BrN4/c1-7(2)12-6-5-8(3)9-10(11)13-14-15(9)4/h7-8,12H,5-6H2,1-4H3. The van der Waals surface area contributed by atoms with Crippen LogP contribution in [0.15, 0.2) is 4.60 Å². The minimum Gasteiger partial charge on any atom is -0.315 e. The van der Waals surface area contributed by atoms with E-state index in [-0.39, 0.29) is 0 Å². The molecule has 0 aromatic carbocycles. The van der Waals surface area contributed by atoms with E-state index in [1.54, 1.807) is 0 Å². The van der Waals surface area contributed by atoms with Crippen molar-refractivity contribution < 1.29 is 0 Å². The summed E-state index contributed by atoms with van der Waals surface area (Å²) in [5.74, 6) is 0.464. The summed E-state index contributed by atoms with van der Waals surface area (Å²) in [7, 11) is 1.93. The summed E-state index contributed by atoms with van der Waals surface area (Å²) < 4.78 is 2.70. The molecular formula is C10H19BrN4. The molecule has 5 heteroatoms. The SMILES string of the molecule is CC(C)NCCC(C)c1c(Br)nnn1C. The van der Waals surface area contributed by atoms with Crippen molar-refractivity contribution in [3.8, 4) is 0 Å². The van der Waals surface area contributed by atoms with Crippen molar-refractivity contribution in [2.24, 2.45) is 7.05 Å². The van der Waals surface area contributed by atoms with Gasteiger partial charge in [-0.15, -0.1) is 5.10 Å². The fraction of sp³-hybridized carbons (Fsp3) is 0.800. The Kier molecular flexibility index (Phi) is 4.73. The van der Waals surface area contributed by atoms with Gasteiger partial charge >= 0.3 is 0 Å². The van der Waals surface area contributed by atoms with Crippen molar-refractivity contribution in [1.29, 1.82) is 0 Å². The van der Waals surface area contributed by atoms with Crippen molar-refractivity contribution in [3.63, 3.8) is 0 Å². The van der Waals surface area contributed by atoms with Crippen molar-refractivity contribution in [2.45, 2.75) is 39.2 Å². The van der Waals surface area contributed by atoms with Crippen molar-refractivity contribution in [2.75, 3.05) is 6.54 Å². The number of hydrogen-bond donors (Lipinski definition) is 1. The molecule has 86 valence electrons. The van der Waals surface area contributed by atoms with Gasteiger partial charge in [0, 0.05) is 19.0 Å². The Morgan fingerprint density at radius 1 is 1.40 bits per heavy atom. The Hall–Kier alpha value is -0.420. The quantitative estimate of drug-likeness (QED) is 0.894. The number of aryl methyl sites for hydroxylation is 1. The summed E-state index contributed by atoms with van der Waals surface area (Å²) in [6, 6.07) is 0.547. The number of aromatic nitrogens is 3. The van der Waals surface area contributed by atoms with Gasteiger partial charge in [-0.3, -0.25) is 4.68 Å². The summed E-state index contributed by atoms with van der Waals surface area (Å²) in [6.45, 7) is 7.54. The van der Waals surface area contributed by atoms with Gasteiger partial charge in [0.2, 0.25) is 0 Å². The maximum absolute atomic E-state index is 3.99. The predicted molar refractivity (Wildman–Crippen MR) is 64.9 cm³/mol. The summed E-state index contributed by atoms with van der Waals surface area (Å²) in [4.78, 5) is 0. The second kappa shape index (κ2) is 5.61. The second-order valence-corrected chi connectivity index (χ2v) is 4.94. The number of hydrogen-bond acceptors (Lipinski definition) is 3. The maximum Gasteiger partial charge on any atom is 0.151 e. The van der Waals surface area contributed by atoms with Gasteiger partial charge in [0.25, 0.3) is 0 Å². The fourth-order valence-corrected chi connectivity index (χ4v) is 2.31. The van der Waals surface area contributed by atoms with Gasteiger partial charge in [-0.05, 0) is 28.9 Å². The summed E-state index contributed by atoms with van der Waals surface area (Å²) in [5, 5.41) is 11.4. The van der Waals surface area contributed by atoms with Crippen LogP contribution in [0.4, 0.5) is 0 Å². The zero-order valence-electron chi connectivity index (χ0n) is 9.79. The maximum atomic E-state index is 3.99. The van der Waals surface area contributed by atoms with Gasteiger partial charge in [0.1, 0.15) is 0 Å². The van der Waals surface area contributed by atoms with Gasteiger partial charge in [-0.1, -0.05) is 26.0 Å². The molecular weight excluding hydrogens is 256 g/mol. The highest BCUT2D eigenvalue weighted by Gasteiger charge is 2.15. The molecule has 1 atom stereocenters. The van der Waals surface area contributed by atoms with E-state index in [9.17, 15) is 0 Å². The molecule has 1 rings (SSSR count). The van der Waals surface area contributed by atoms with Crippen LogP contribution in [0, 0.1) is 0 Å². The zero-order valence-corrected chi connectivity index (χ0v) is 11.4. The van der Waals surface area contributed by atoms with Gasteiger partial charge in [-0.25, -0.2) is 0 Å². The third-order valence-electron chi connectivity index (χ3n) is 2.42. The molecule has 1 aromatic heterocycles. The van der Waals surface area contributed by atoms with E-state index in [0.29, 0.717) is 12.0 Å². The predicted octanol–water partition coefficient (Wildman–Crippen LogP) is 2.07. The molecule has 1 heterocycles. The molecule has 1 aromatic rings. The Morgan fingerprint density at radius 2 is 2.07 bits per heavy atom. The second-order valence-electron chi connectivity index (χ2n) is 4.19. The minimum atomic E-state index is 0.464. The van der Waals surface area contributed by atoms with Gasteiger partial charge < -0.3 is 5.32 Å². The Morgan fingerprint density at radius 3 is 2.53 bits per heavy atom. The van der Waals surface area contributed by atoms with Gasteiger partial charge in [0.05, 0.1) is 5.69 Å². The first-order valence-corrected chi connectivity index (χ1v) is 6.10. The van der Waals surface area contributed by atoms with Gasteiger partial charge in [0.15, 0.2) is 4.60 Å². The highest BCUT2D eigenvalue weighted by molar-refractivity contribution is 9.10. The molecule has 0 amide bonds. The first kappa shape index (κ1) is 12.6. The number of nitrogens with zero attached hydrogens (tertiary/aromatic N) is 3. The largest absolute Gasteiger partial charge is 0.315 e. The third-order valence-corrected chi connectivity index (χ3v) is 2.99. The van der Waals surface area contributed by atoms with Crippen LogP contribution in [0.25, 0.3) is 0 Å². The molecule has 0 saturated heterocycles. The summed E-state index contributed by atoms with van der Waals surface area (Å²) >= 11 is 3.42. The molecule has 1 N–H and O–H groups in total. The lowest BCUT2D eigenvalue weighted by molar-refractivity contribution is 0.522. The van der Waals surface area contributed by atoms with Crippen molar-refractivity contribution in [1.82, 2.24) is 20.3 Å². The molecule has 4 nitrogen and oxygen atoms in total. The molecule has 0 fully saturated rings. The molecule has 0 saturated carbocycles. The number of halogens is 1. The van der Waals surface area contributed by atoms with E-state index in [2.05, 4.69) is 52.3 Å². The van der Waals surface area contributed by atoms with Crippen LogP contribution >= 0.6 is 15.9 Å². The monoisotopic (exact) mass is 274 g/mol. The van der Waals surface area contributed by atoms with Gasteiger partial charge in [-0.2, -0.15) is 0 Å². The average molecular weight is 275 g/mol. The number of nitrogens with one attached hydrogen (secondary N) is 1. The smallest absolute Gasteiger partial charge is 0.151 e. The van der Waals surface area contributed by atoms with Crippen LogP contribution in [-0.2, 0) is 7.05 Å². The molecule has 0 spiro atoms. The molecule has 0 bridgehead atoms. The lowest BCUT2D eigenvalue weighted by atomic mass is 10.0. The Bertz CT molecular complexity index is 289. The van der Waals surface area contributed by atoms with Crippen molar-refractivity contribution >= 4 is 15.9 Å². The Labute approximate surface area is 99.6 Å². The molecule has 15 heavy (non-hydrogen) atoms. The zero-order chi connectivity index (χ0) is 11.4. The number of rotatable bonds is 5. The van der Waals surface area contributed by atoms with E-state index in [4.69, 9.17) is 0 Å². The molecule has 0 aliphatic carbocycles. The minimum absolute atomic E-state index is 0.464. The first-order chi connectivity index (χ1) is 7.02. The van der Waals surface area contributed by atoms with E-state index < -0.39 is 0 Å². The van der Waals surface area contributed by atoms with Crippen LogP contribution in [0.5, 0.6) is 0 Å². The summed E-state index contributed by atoms with van der Waals surface area (Å²) in [6.07, 6.45) is 1.10. The normalized spacial score (nSPS) is 13.5. The first-order valence-electron chi connectivity index (χ1n) is 5.30. The molecule has 1 unspecified atom stereocenters. The van der Waals surface area contributed by atoms with E-state index in [1.165, 1.54) is 5.69 Å². The highest BCUT2D eigenvalue weighted by Crippen LogP contribution is 2.24.